The van der Waals surface area contributed by atoms with Crippen molar-refractivity contribution in [3.63, 3.8) is 0 Å². The molecule has 9 heteroatoms. The summed E-state index contributed by atoms with van der Waals surface area (Å²) < 4.78 is 52.4. The number of carbonyl (C=O) groups is 1. The summed E-state index contributed by atoms with van der Waals surface area (Å²) in [6.07, 6.45) is -2.34. The molecule has 0 aliphatic carbocycles. The van der Waals surface area contributed by atoms with Crippen LogP contribution in [0.3, 0.4) is 0 Å². The monoisotopic (exact) mass is 329 g/mol. The average Bonchev–Trinajstić information content (AvgIpc) is 2.91. The molecule has 0 unspecified atom stereocenters. The van der Waals surface area contributed by atoms with Crippen LogP contribution in [0, 0.1) is 17.7 Å². The van der Waals surface area contributed by atoms with Crippen LogP contribution in [-0.2, 0) is 4.79 Å². The number of nitrogens with zero attached hydrogens (tertiary/aromatic N) is 3. The second kappa shape index (κ2) is 5.32. The molecule has 5 nitrogen and oxygen atoms in total. The average molecular weight is 329 g/mol. The Balaban J connectivity index is 2.02. The summed E-state index contributed by atoms with van der Waals surface area (Å²) in [5, 5.41) is 9.06. The number of hydrogen-bond acceptors (Lipinski definition) is 4. The van der Waals surface area contributed by atoms with E-state index in [2.05, 4.69) is 9.97 Å². The van der Waals surface area contributed by atoms with E-state index < -0.39 is 36.3 Å². The third-order valence-electron chi connectivity index (χ3n) is 3.92. The molecule has 0 saturated carbocycles. The number of carboxylic acids is 1. The van der Waals surface area contributed by atoms with Crippen molar-refractivity contribution in [2.75, 3.05) is 18.0 Å². The van der Waals surface area contributed by atoms with Crippen LogP contribution >= 0.6 is 0 Å². The fourth-order valence-corrected chi connectivity index (χ4v) is 2.83. The molecule has 1 fully saturated rings. The SMILES string of the molecule is O=C(O)[C@@H]1CN(c2ccnc3cc(F)cnc23)C[C@H]1C(F)(F)F. The van der Waals surface area contributed by atoms with Gasteiger partial charge in [-0.25, -0.2) is 9.37 Å². The van der Waals surface area contributed by atoms with E-state index in [9.17, 15) is 22.4 Å². The molecular formula is C14H11F4N3O2. The van der Waals surface area contributed by atoms with Gasteiger partial charge in [0.15, 0.2) is 0 Å². The molecule has 0 aromatic carbocycles. The fourth-order valence-electron chi connectivity index (χ4n) is 2.83. The first-order chi connectivity index (χ1) is 10.8. The zero-order chi connectivity index (χ0) is 16.8. The predicted octanol–water partition coefficient (Wildman–Crippen LogP) is 2.47. The minimum atomic E-state index is -4.61. The zero-order valence-electron chi connectivity index (χ0n) is 11.6. The van der Waals surface area contributed by atoms with Crippen LogP contribution < -0.4 is 4.90 Å². The van der Waals surface area contributed by atoms with Crippen LogP contribution in [0.4, 0.5) is 23.2 Å². The maximum absolute atomic E-state index is 13.2. The second-order valence-corrected chi connectivity index (χ2v) is 5.35. The third kappa shape index (κ3) is 2.78. The van der Waals surface area contributed by atoms with Gasteiger partial charge in [0, 0.05) is 25.4 Å². The summed E-state index contributed by atoms with van der Waals surface area (Å²) in [6, 6.07) is 2.57. The molecule has 1 saturated heterocycles. The van der Waals surface area contributed by atoms with Crippen molar-refractivity contribution in [1.82, 2.24) is 9.97 Å². The number of pyridine rings is 2. The summed E-state index contributed by atoms with van der Waals surface area (Å²) in [5.74, 6) is -5.63. The van der Waals surface area contributed by atoms with E-state index in [1.807, 2.05) is 0 Å². The Morgan fingerprint density at radius 1 is 1.30 bits per heavy atom. The summed E-state index contributed by atoms with van der Waals surface area (Å²) in [7, 11) is 0. The van der Waals surface area contributed by atoms with Crippen molar-refractivity contribution in [2.24, 2.45) is 11.8 Å². The molecule has 3 rings (SSSR count). The smallest absolute Gasteiger partial charge is 0.394 e. The largest absolute Gasteiger partial charge is 0.481 e. The van der Waals surface area contributed by atoms with Crippen molar-refractivity contribution in [2.45, 2.75) is 6.18 Å². The van der Waals surface area contributed by atoms with Gasteiger partial charge in [0.25, 0.3) is 0 Å². The number of anilines is 1. The Hall–Kier alpha value is -2.45. The quantitative estimate of drug-likeness (QED) is 0.858. The fraction of sp³-hybridized carbons (Fsp3) is 0.357. The maximum Gasteiger partial charge on any atom is 0.394 e. The molecule has 1 aliphatic heterocycles. The maximum atomic E-state index is 13.2. The summed E-state index contributed by atoms with van der Waals surface area (Å²) in [6.45, 7) is -0.781. The Labute approximate surface area is 127 Å². The topological polar surface area (TPSA) is 66.3 Å². The van der Waals surface area contributed by atoms with Crippen LogP contribution in [0.1, 0.15) is 0 Å². The molecule has 2 aromatic rings. The summed E-state index contributed by atoms with van der Waals surface area (Å²) >= 11 is 0. The van der Waals surface area contributed by atoms with E-state index >= 15 is 0 Å². The highest BCUT2D eigenvalue weighted by Crippen LogP contribution is 2.40. The van der Waals surface area contributed by atoms with Crippen LogP contribution in [-0.4, -0.2) is 40.3 Å². The molecule has 1 N–H and O–H groups in total. The highest BCUT2D eigenvalue weighted by molar-refractivity contribution is 5.88. The van der Waals surface area contributed by atoms with Gasteiger partial charge in [-0.15, -0.1) is 0 Å². The van der Waals surface area contributed by atoms with Gasteiger partial charge in [-0.2, -0.15) is 13.2 Å². The lowest BCUT2D eigenvalue weighted by molar-refractivity contribution is -0.187. The van der Waals surface area contributed by atoms with Crippen molar-refractivity contribution in [3.05, 3.63) is 30.3 Å². The Kier molecular flexibility index (Phi) is 3.57. The lowest BCUT2D eigenvalue weighted by Crippen LogP contribution is -2.33. The minimum Gasteiger partial charge on any atom is -0.481 e. The summed E-state index contributed by atoms with van der Waals surface area (Å²) in [5.41, 5.74) is 0.749. The van der Waals surface area contributed by atoms with Gasteiger partial charge >= 0.3 is 12.1 Å². The molecule has 0 radical (unpaired) electrons. The van der Waals surface area contributed by atoms with E-state index in [1.165, 1.54) is 17.2 Å². The highest BCUT2D eigenvalue weighted by Gasteiger charge is 2.52. The van der Waals surface area contributed by atoms with Gasteiger partial charge < -0.3 is 10.0 Å². The van der Waals surface area contributed by atoms with Gasteiger partial charge in [0.05, 0.1) is 29.2 Å². The van der Waals surface area contributed by atoms with Gasteiger partial charge in [-0.3, -0.25) is 9.78 Å². The molecular weight excluding hydrogens is 318 g/mol. The molecule has 2 atom stereocenters. The summed E-state index contributed by atoms with van der Waals surface area (Å²) in [4.78, 5) is 20.3. The van der Waals surface area contributed by atoms with Crippen molar-refractivity contribution < 1.29 is 27.5 Å². The van der Waals surface area contributed by atoms with E-state index in [0.717, 1.165) is 12.3 Å². The lowest BCUT2D eigenvalue weighted by Gasteiger charge is -2.20. The minimum absolute atomic E-state index is 0.199. The van der Waals surface area contributed by atoms with Gasteiger partial charge in [0.2, 0.25) is 0 Å². The standard InChI is InChI=1S/C14H11F4N3O2/c15-7-3-10-12(20-4-7)11(1-2-19-10)21-5-8(13(22)23)9(6-21)14(16,17)18/h1-4,8-9H,5-6H2,(H,22,23)/t8-,9-/m1/s1. The number of hydrogen-bond donors (Lipinski definition) is 1. The number of aromatic nitrogens is 2. The predicted molar refractivity (Wildman–Crippen MR) is 72.4 cm³/mol. The van der Waals surface area contributed by atoms with Crippen LogP contribution in [0.2, 0.25) is 0 Å². The van der Waals surface area contributed by atoms with Gasteiger partial charge in [-0.05, 0) is 6.07 Å². The first kappa shape index (κ1) is 15.4. The van der Waals surface area contributed by atoms with Gasteiger partial charge in [-0.1, -0.05) is 0 Å². The van der Waals surface area contributed by atoms with Crippen LogP contribution in [0.5, 0.6) is 0 Å². The molecule has 0 bridgehead atoms. The van der Waals surface area contributed by atoms with Crippen LogP contribution in [0.25, 0.3) is 11.0 Å². The number of carboxylic acid groups (broad SMARTS) is 1. The van der Waals surface area contributed by atoms with Crippen molar-refractivity contribution in [1.29, 1.82) is 0 Å². The number of halogens is 4. The van der Waals surface area contributed by atoms with Gasteiger partial charge in [0.1, 0.15) is 11.3 Å². The molecule has 0 spiro atoms. The zero-order valence-corrected chi connectivity index (χ0v) is 11.6. The number of aliphatic carboxylic acids is 1. The van der Waals surface area contributed by atoms with E-state index in [0.29, 0.717) is 5.69 Å². The third-order valence-corrected chi connectivity index (χ3v) is 3.92. The lowest BCUT2D eigenvalue weighted by atomic mass is 9.96. The van der Waals surface area contributed by atoms with Crippen LogP contribution in [0.15, 0.2) is 24.5 Å². The first-order valence-corrected chi connectivity index (χ1v) is 6.72. The van der Waals surface area contributed by atoms with E-state index in [-0.39, 0.29) is 17.6 Å². The molecule has 2 aromatic heterocycles. The Morgan fingerprint density at radius 3 is 2.65 bits per heavy atom. The number of rotatable bonds is 2. The molecule has 122 valence electrons. The van der Waals surface area contributed by atoms with Crippen molar-refractivity contribution in [3.8, 4) is 0 Å². The van der Waals surface area contributed by atoms with E-state index in [1.54, 1.807) is 0 Å². The molecule has 23 heavy (non-hydrogen) atoms. The second-order valence-electron chi connectivity index (χ2n) is 5.35. The van der Waals surface area contributed by atoms with Crippen molar-refractivity contribution >= 4 is 22.7 Å². The molecule has 1 aliphatic rings. The molecule has 3 heterocycles. The normalized spacial score (nSPS) is 21.8. The van der Waals surface area contributed by atoms with E-state index in [4.69, 9.17) is 5.11 Å². The number of fused-ring (bicyclic) bond motifs is 1. The Morgan fingerprint density at radius 2 is 2.04 bits per heavy atom. The Bertz CT molecular complexity index is 765. The number of alkyl halides is 3. The highest BCUT2D eigenvalue weighted by atomic mass is 19.4. The first-order valence-electron chi connectivity index (χ1n) is 6.72. The molecule has 0 amide bonds.